The number of anilines is 2. The molecule has 2 rings (SSSR count). The van der Waals surface area contributed by atoms with Gasteiger partial charge in [-0.3, -0.25) is 4.79 Å². The van der Waals surface area contributed by atoms with Crippen LogP contribution in [0.1, 0.15) is 30.8 Å². The summed E-state index contributed by atoms with van der Waals surface area (Å²) in [6.45, 7) is 5.08. The van der Waals surface area contributed by atoms with Gasteiger partial charge in [-0.15, -0.1) is 0 Å². The third-order valence-corrected chi connectivity index (χ3v) is 3.25. The smallest absolute Gasteiger partial charge is 0.274 e. The van der Waals surface area contributed by atoms with Crippen LogP contribution >= 0.6 is 11.6 Å². The molecule has 0 radical (unpaired) electrons. The first-order chi connectivity index (χ1) is 10.5. The topological polar surface area (TPSA) is 66.9 Å². The van der Waals surface area contributed by atoms with Gasteiger partial charge in [0.05, 0.1) is 0 Å². The highest BCUT2D eigenvalue weighted by molar-refractivity contribution is 6.30. The number of benzene rings is 1. The Labute approximate surface area is 135 Å². The van der Waals surface area contributed by atoms with E-state index in [4.69, 9.17) is 11.6 Å². The molecule has 6 heteroatoms. The van der Waals surface area contributed by atoms with Crippen LogP contribution in [0.25, 0.3) is 0 Å². The number of rotatable bonds is 6. The Hall–Kier alpha value is -2.14. The average Bonchev–Trinajstić information content (AvgIpc) is 2.49. The van der Waals surface area contributed by atoms with Crippen molar-refractivity contribution in [3.8, 4) is 0 Å². The SMILES string of the molecule is CC(C)CCNc1nccc(C(=O)Nc2ccc(Cl)cc2)n1. The Morgan fingerprint density at radius 3 is 2.64 bits per heavy atom. The average molecular weight is 319 g/mol. The number of hydrogen-bond donors (Lipinski definition) is 2. The lowest BCUT2D eigenvalue weighted by Gasteiger charge is -2.08. The fourth-order valence-corrected chi connectivity index (χ4v) is 1.90. The second-order valence-corrected chi connectivity index (χ2v) is 5.77. The van der Waals surface area contributed by atoms with Crippen LogP contribution in [0.3, 0.4) is 0 Å². The van der Waals surface area contributed by atoms with E-state index in [0.717, 1.165) is 13.0 Å². The van der Waals surface area contributed by atoms with Crippen molar-refractivity contribution >= 4 is 29.1 Å². The highest BCUT2D eigenvalue weighted by atomic mass is 35.5. The first-order valence-corrected chi connectivity index (χ1v) is 7.56. The van der Waals surface area contributed by atoms with Crippen molar-refractivity contribution in [3.63, 3.8) is 0 Å². The summed E-state index contributed by atoms with van der Waals surface area (Å²) in [6.07, 6.45) is 2.59. The second-order valence-electron chi connectivity index (χ2n) is 5.34. The van der Waals surface area contributed by atoms with Crippen LogP contribution in [-0.2, 0) is 0 Å². The predicted molar refractivity (Wildman–Crippen MR) is 89.4 cm³/mol. The van der Waals surface area contributed by atoms with Gasteiger partial charge in [-0.1, -0.05) is 25.4 Å². The number of carbonyl (C=O) groups is 1. The monoisotopic (exact) mass is 318 g/mol. The quantitative estimate of drug-likeness (QED) is 0.849. The van der Waals surface area contributed by atoms with E-state index in [9.17, 15) is 4.79 Å². The zero-order chi connectivity index (χ0) is 15.9. The van der Waals surface area contributed by atoms with Crippen LogP contribution in [-0.4, -0.2) is 22.4 Å². The second kappa shape index (κ2) is 7.75. The minimum absolute atomic E-state index is 0.281. The molecule has 0 bridgehead atoms. The van der Waals surface area contributed by atoms with Gasteiger partial charge < -0.3 is 10.6 Å². The van der Waals surface area contributed by atoms with Crippen LogP contribution in [0.2, 0.25) is 5.02 Å². The van der Waals surface area contributed by atoms with Crippen LogP contribution in [0.4, 0.5) is 11.6 Å². The fourth-order valence-electron chi connectivity index (χ4n) is 1.77. The highest BCUT2D eigenvalue weighted by Gasteiger charge is 2.09. The van der Waals surface area contributed by atoms with Gasteiger partial charge >= 0.3 is 0 Å². The predicted octanol–water partition coefficient (Wildman–Crippen LogP) is 3.84. The molecule has 0 atom stereocenters. The van der Waals surface area contributed by atoms with E-state index in [-0.39, 0.29) is 5.91 Å². The Balaban J connectivity index is 1.99. The molecular formula is C16H19ClN4O. The number of nitrogens with zero attached hydrogens (tertiary/aromatic N) is 2. The Kier molecular flexibility index (Phi) is 5.72. The number of amides is 1. The number of nitrogens with one attached hydrogen (secondary N) is 2. The lowest BCUT2D eigenvalue weighted by molar-refractivity contribution is 0.102. The molecule has 1 heterocycles. The summed E-state index contributed by atoms with van der Waals surface area (Å²) in [5.41, 5.74) is 0.985. The minimum Gasteiger partial charge on any atom is -0.354 e. The van der Waals surface area contributed by atoms with E-state index >= 15 is 0 Å². The zero-order valence-electron chi connectivity index (χ0n) is 12.6. The van der Waals surface area contributed by atoms with Crippen molar-refractivity contribution in [2.75, 3.05) is 17.2 Å². The molecule has 5 nitrogen and oxygen atoms in total. The zero-order valence-corrected chi connectivity index (χ0v) is 13.4. The fraction of sp³-hybridized carbons (Fsp3) is 0.312. The molecular weight excluding hydrogens is 300 g/mol. The van der Waals surface area contributed by atoms with Crippen molar-refractivity contribution < 1.29 is 4.79 Å². The number of halogens is 1. The molecule has 2 aromatic rings. The molecule has 0 saturated carbocycles. The summed E-state index contributed by atoms with van der Waals surface area (Å²) in [7, 11) is 0. The van der Waals surface area contributed by atoms with Crippen molar-refractivity contribution in [1.29, 1.82) is 0 Å². The molecule has 0 unspecified atom stereocenters. The molecule has 0 aliphatic rings. The Morgan fingerprint density at radius 2 is 1.95 bits per heavy atom. The summed E-state index contributed by atoms with van der Waals surface area (Å²) in [6, 6.07) is 8.50. The molecule has 0 saturated heterocycles. The van der Waals surface area contributed by atoms with Crippen molar-refractivity contribution in [1.82, 2.24) is 9.97 Å². The molecule has 1 aromatic carbocycles. The van der Waals surface area contributed by atoms with Gasteiger partial charge in [-0.2, -0.15) is 0 Å². The minimum atomic E-state index is -0.281. The normalized spacial score (nSPS) is 10.5. The van der Waals surface area contributed by atoms with Gasteiger partial charge in [-0.05, 0) is 42.7 Å². The summed E-state index contributed by atoms with van der Waals surface area (Å²) < 4.78 is 0. The van der Waals surface area contributed by atoms with Gasteiger partial charge in [0.25, 0.3) is 5.91 Å². The van der Waals surface area contributed by atoms with E-state index in [1.807, 2.05) is 0 Å². The highest BCUT2D eigenvalue weighted by Crippen LogP contribution is 2.14. The van der Waals surface area contributed by atoms with Gasteiger partial charge in [0.2, 0.25) is 5.95 Å². The molecule has 2 N–H and O–H groups in total. The van der Waals surface area contributed by atoms with Crippen LogP contribution in [0.5, 0.6) is 0 Å². The maximum atomic E-state index is 12.2. The lowest BCUT2D eigenvalue weighted by Crippen LogP contribution is -2.15. The molecule has 1 amide bonds. The standard InChI is InChI=1S/C16H19ClN4O/c1-11(2)7-9-18-16-19-10-8-14(21-16)15(22)20-13-5-3-12(17)4-6-13/h3-6,8,10-11H,7,9H2,1-2H3,(H,20,22)(H,18,19,21). The van der Waals surface area contributed by atoms with Crippen molar-refractivity contribution in [2.24, 2.45) is 5.92 Å². The van der Waals surface area contributed by atoms with E-state index in [0.29, 0.717) is 28.3 Å². The van der Waals surface area contributed by atoms with Crippen molar-refractivity contribution in [3.05, 3.63) is 47.2 Å². The molecule has 0 fully saturated rings. The molecule has 116 valence electrons. The van der Waals surface area contributed by atoms with E-state index in [1.54, 1.807) is 36.5 Å². The third-order valence-electron chi connectivity index (χ3n) is 3.00. The van der Waals surface area contributed by atoms with Gasteiger partial charge in [0, 0.05) is 23.5 Å². The first kappa shape index (κ1) is 16.2. The summed E-state index contributed by atoms with van der Waals surface area (Å²) in [5.74, 6) is 0.782. The van der Waals surface area contributed by atoms with Crippen LogP contribution < -0.4 is 10.6 Å². The lowest BCUT2D eigenvalue weighted by atomic mass is 10.1. The molecule has 1 aromatic heterocycles. The van der Waals surface area contributed by atoms with Crippen LogP contribution in [0.15, 0.2) is 36.5 Å². The molecule has 0 spiro atoms. The number of carbonyl (C=O) groups excluding carboxylic acids is 1. The number of aromatic nitrogens is 2. The first-order valence-electron chi connectivity index (χ1n) is 7.18. The van der Waals surface area contributed by atoms with Gasteiger partial charge in [0.15, 0.2) is 0 Å². The van der Waals surface area contributed by atoms with E-state index < -0.39 is 0 Å². The van der Waals surface area contributed by atoms with Gasteiger partial charge in [0.1, 0.15) is 5.69 Å². The Morgan fingerprint density at radius 1 is 1.23 bits per heavy atom. The summed E-state index contributed by atoms with van der Waals surface area (Å²) >= 11 is 5.82. The maximum Gasteiger partial charge on any atom is 0.274 e. The van der Waals surface area contributed by atoms with Crippen molar-refractivity contribution in [2.45, 2.75) is 20.3 Å². The van der Waals surface area contributed by atoms with Gasteiger partial charge in [-0.25, -0.2) is 9.97 Å². The molecule has 0 aliphatic heterocycles. The Bertz CT molecular complexity index is 628. The summed E-state index contributed by atoms with van der Waals surface area (Å²) in [4.78, 5) is 20.5. The third kappa shape index (κ3) is 5.00. The van der Waals surface area contributed by atoms with E-state index in [2.05, 4.69) is 34.4 Å². The summed E-state index contributed by atoms with van der Waals surface area (Å²) in [5, 5.41) is 6.52. The largest absolute Gasteiger partial charge is 0.354 e. The molecule has 22 heavy (non-hydrogen) atoms. The molecule has 0 aliphatic carbocycles. The van der Waals surface area contributed by atoms with E-state index in [1.165, 1.54) is 0 Å². The van der Waals surface area contributed by atoms with Crippen LogP contribution in [0, 0.1) is 5.92 Å². The maximum absolute atomic E-state index is 12.2. The number of hydrogen-bond acceptors (Lipinski definition) is 4.